The van der Waals surface area contributed by atoms with Gasteiger partial charge < -0.3 is 15.3 Å². The van der Waals surface area contributed by atoms with Crippen LogP contribution in [0, 0.1) is 5.92 Å². The Kier molecular flexibility index (Phi) is 4.70. The largest absolute Gasteiger partial charge is 0.479 e. The molecule has 2 N–H and O–H groups in total. The van der Waals surface area contributed by atoms with Crippen LogP contribution in [0.3, 0.4) is 0 Å². The quantitative estimate of drug-likeness (QED) is 0.871. The first-order valence-corrected chi connectivity index (χ1v) is 8.29. The molecule has 0 spiro atoms. The highest BCUT2D eigenvalue weighted by Crippen LogP contribution is 2.23. The number of carbonyl (C=O) groups excluding carboxylic acids is 2. The van der Waals surface area contributed by atoms with E-state index in [0.29, 0.717) is 18.7 Å². The molecule has 0 radical (unpaired) electrons. The summed E-state index contributed by atoms with van der Waals surface area (Å²) in [5, 5.41) is 14.0. The van der Waals surface area contributed by atoms with Crippen LogP contribution in [0.1, 0.15) is 24.9 Å². The monoisotopic (exact) mass is 340 g/mol. The number of hydrogen-bond acceptors (Lipinski definition) is 3. The van der Waals surface area contributed by atoms with Crippen molar-refractivity contribution in [3.8, 4) is 0 Å². The number of likely N-dealkylation sites (tertiary alicyclic amines) is 1. The van der Waals surface area contributed by atoms with Crippen LogP contribution >= 0.6 is 0 Å². The summed E-state index contributed by atoms with van der Waals surface area (Å²) in [4.78, 5) is 37.5. The maximum Gasteiger partial charge on any atom is 0.330 e. The van der Waals surface area contributed by atoms with Crippen LogP contribution in [0.25, 0.3) is 10.8 Å². The molecule has 0 bridgehead atoms. The first-order valence-electron chi connectivity index (χ1n) is 8.29. The van der Waals surface area contributed by atoms with Gasteiger partial charge in [0.25, 0.3) is 0 Å². The summed E-state index contributed by atoms with van der Waals surface area (Å²) < 4.78 is 0. The summed E-state index contributed by atoms with van der Waals surface area (Å²) in [6.45, 7) is 2.74. The SMILES string of the molecule is CCN1CC(C(=O)NC(C(=O)O)c2ccc3ccccc3c2)CC1=O. The van der Waals surface area contributed by atoms with Crippen LogP contribution in [-0.4, -0.2) is 40.9 Å². The molecule has 0 saturated carbocycles. The van der Waals surface area contributed by atoms with Crippen LogP contribution in [0.2, 0.25) is 0 Å². The molecule has 0 aliphatic carbocycles. The van der Waals surface area contributed by atoms with E-state index in [1.807, 2.05) is 37.3 Å². The fraction of sp³-hybridized carbons (Fsp3) is 0.316. The van der Waals surface area contributed by atoms with Gasteiger partial charge in [0.1, 0.15) is 0 Å². The number of rotatable bonds is 5. The summed E-state index contributed by atoms with van der Waals surface area (Å²) in [5.41, 5.74) is 0.510. The van der Waals surface area contributed by atoms with Gasteiger partial charge in [-0.3, -0.25) is 9.59 Å². The molecule has 0 aromatic heterocycles. The van der Waals surface area contributed by atoms with E-state index in [1.165, 1.54) is 0 Å². The molecular formula is C19H20N2O4. The molecule has 2 amide bonds. The van der Waals surface area contributed by atoms with E-state index >= 15 is 0 Å². The van der Waals surface area contributed by atoms with Gasteiger partial charge in [-0.2, -0.15) is 0 Å². The van der Waals surface area contributed by atoms with E-state index in [-0.39, 0.29) is 12.3 Å². The van der Waals surface area contributed by atoms with Crippen molar-refractivity contribution in [1.82, 2.24) is 10.2 Å². The number of nitrogens with zero attached hydrogens (tertiary/aromatic N) is 1. The lowest BCUT2D eigenvalue weighted by atomic mass is 10.0. The normalized spacial score (nSPS) is 18.4. The van der Waals surface area contributed by atoms with E-state index in [0.717, 1.165) is 10.8 Å². The molecular weight excluding hydrogens is 320 g/mol. The minimum Gasteiger partial charge on any atom is -0.479 e. The Hall–Kier alpha value is -2.89. The van der Waals surface area contributed by atoms with Gasteiger partial charge in [-0.05, 0) is 29.3 Å². The van der Waals surface area contributed by atoms with Crippen molar-refractivity contribution in [2.24, 2.45) is 5.92 Å². The van der Waals surface area contributed by atoms with Crippen molar-refractivity contribution in [1.29, 1.82) is 0 Å². The topological polar surface area (TPSA) is 86.7 Å². The van der Waals surface area contributed by atoms with Gasteiger partial charge in [0.05, 0.1) is 5.92 Å². The zero-order valence-electron chi connectivity index (χ0n) is 13.9. The second-order valence-corrected chi connectivity index (χ2v) is 6.22. The number of amides is 2. The number of nitrogens with one attached hydrogen (secondary N) is 1. The number of carboxylic acid groups (broad SMARTS) is 1. The lowest BCUT2D eigenvalue weighted by Crippen LogP contribution is -2.38. The highest BCUT2D eigenvalue weighted by Gasteiger charge is 2.35. The molecule has 1 saturated heterocycles. The van der Waals surface area contributed by atoms with Crippen LogP contribution in [0.4, 0.5) is 0 Å². The first-order chi connectivity index (χ1) is 12.0. The minimum absolute atomic E-state index is 0.0692. The molecule has 130 valence electrons. The van der Waals surface area contributed by atoms with E-state index in [4.69, 9.17) is 0 Å². The van der Waals surface area contributed by atoms with Gasteiger partial charge in [-0.15, -0.1) is 0 Å². The van der Waals surface area contributed by atoms with Crippen LogP contribution in [0.15, 0.2) is 42.5 Å². The molecule has 1 heterocycles. The molecule has 1 aliphatic rings. The third kappa shape index (κ3) is 3.47. The van der Waals surface area contributed by atoms with Crippen molar-refractivity contribution < 1.29 is 19.5 Å². The molecule has 2 atom stereocenters. The van der Waals surface area contributed by atoms with Crippen LogP contribution in [-0.2, 0) is 14.4 Å². The van der Waals surface area contributed by atoms with Crippen LogP contribution < -0.4 is 5.32 Å². The van der Waals surface area contributed by atoms with Gasteiger partial charge in [-0.1, -0.05) is 36.4 Å². The zero-order valence-corrected chi connectivity index (χ0v) is 13.9. The third-order valence-electron chi connectivity index (χ3n) is 4.61. The molecule has 6 heteroatoms. The summed E-state index contributed by atoms with van der Waals surface area (Å²) >= 11 is 0. The molecule has 1 aliphatic heterocycles. The molecule has 6 nitrogen and oxygen atoms in total. The van der Waals surface area contributed by atoms with Crippen molar-refractivity contribution in [3.63, 3.8) is 0 Å². The molecule has 2 aromatic carbocycles. The lowest BCUT2D eigenvalue weighted by molar-refractivity contribution is -0.142. The number of hydrogen-bond donors (Lipinski definition) is 2. The van der Waals surface area contributed by atoms with Gasteiger partial charge in [0.2, 0.25) is 11.8 Å². The first kappa shape index (κ1) is 17.0. The second-order valence-electron chi connectivity index (χ2n) is 6.22. The number of benzene rings is 2. The third-order valence-corrected chi connectivity index (χ3v) is 4.61. The molecule has 2 unspecified atom stereocenters. The Bertz CT molecular complexity index is 833. The van der Waals surface area contributed by atoms with Gasteiger partial charge >= 0.3 is 5.97 Å². The maximum absolute atomic E-state index is 12.5. The standard InChI is InChI=1S/C19H20N2O4/c1-2-21-11-15(10-16(21)22)18(23)20-17(19(24)25)14-8-7-12-5-3-4-6-13(12)9-14/h3-9,15,17H,2,10-11H2,1H3,(H,20,23)(H,24,25). The fourth-order valence-corrected chi connectivity index (χ4v) is 3.19. The molecule has 25 heavy (non-hydrogen) atoms. The number of carboxylic acids is 1. The predicted molar refractivity (Wildman–Crippen MR) is 92.8 cm³/mol. The summed E-state index contributed by atoms with van der Waals surface area (Å²) in [7, 11) is 0. The Morgan fingerprint density at radius 2 is 1.96 bits per heavy atom. The van der Waals surface area contributed by atoms with Gasteiger partial charge in [-0.25, -0.2) is 4.79 Å². The Morgan fingerprint density at radius 3 is 2.60 bits per heavy atom. The molecule has 3 rings (SSSR count). The molecule has 1 fully saturated rings. The summed E-state index contributed by atoms with van der Waals surface area (Å²) in [5.74, 6) is -2.10. The van der Waals surface area contributed by atoms with Crippen molar-refractivity contribution in [2.75, 3.05) is 13.1 Å². The average molecular weight is 340 g/mol. The number of carbonyl (C=O) groups is 3. The lowest BCUT2D eigenvalue weighted by Gasteiger charge is -2.18. The minimum atomic E-state index is -1.14. The van der Waals surface area contributed by atoms with E-state index in [1.54, 1.807) is 17.0 Å². The number of aliphatic carboxylic acids is 1. The Balaban J connectivity index is 1.80. The smallest absolute Gasteiger partial charge is 0.330 e. The van der Waals surface area contributed by atoms with Gasteiger partial charge in [0, 0.05) is 19.5 Å². The second kappa shape index (κ2) is 6.93. The summed E-state index contributed by atoms with van der Waals surface area (Å²) in [6.07, 6.45) is 0.129. The van der Waals surface area contributed by atoms with Crippen LogP contribution in [0.5, 0.6) is 0 Å². The van der Waals surface area contributed by atoms with Crippen molar-refractivity contribution in [3.05, 3.63) is 48.0 Å². The predicted octanol–water partition coefficient (Wildman–Crippen LogP) is 1.95. The number of fused-ring (bicyclic) bond motifs is 1. The molecule has 2 aromatic rings. The zero-order chi connectivity index (χ0) is 18.0. The van der Waals surface area contributed by atoms with E-state index in [9.17, 15) is 19.5 Å². The Labute approximate surface area is 145 Å². The van der Waals surface area contributed by atoms with E-state index in [2.05, 4.69) is 5.32 Å². The van der Waals surface area contributed by atoms with Gasteiger partial charge in [0.15, 0.2) is 6.04 Å². The van der Waals surface area contributed by atoms with Crippen molar-refractivity contribution >= 4 is 28.6 Å². The highest BCUT2D eigenvalue weighted by molar-refractivity contribution is 5.92. The van der Waals surface area contributed by atoms with Crippen molar-refractivity contribution in [2.45, 2.75) is 19.4 Å². The fourth-order valence-electron chi connectivity index (χ4n) is 3.19. The average Bonchev–Trinajstić information content (AvgIpc) is 2.99. The Morgan fingerprint density at radius 1 is 1.24 bits per heavy atom. The van der Waals surface area contributed by atoms with E-state index < -0.39 is 23.8 Å². The summed E-state index contributed by atoms with van der Waals surface area (Å²) in [6, 6.07) is 11.8. The maximum atomic E-state index is 12.5. The highest BCUT2D eigenvalue weighted by atomic mass is 16.4.